The lowest BCUT2D eigenvalue weighted by Crippen LogP contribution is -2.35. The van der Waals surface area contributed by atoms with E-state index in [0.717, 1.165) is 38.5 Å². The molecule has 27 heavy (non-hydrogen) atoms. The fourth-order valence-corrected chi connectivity index (χ4v) is 5.87. The highest BCUT2D eigenvalue weighted by atomic mass is 32.2. The Hall–Kier alpha value is -0.890. The minimum absolute atomic E-state index is 0.0231. The van der Waals surface area contributed by atoms with Gasteiger partial charge in [-0.1, -0.05) is 59.0 Å². The molecule has 0 bridgehead atoms. The van der Waals surface area contributed by atoms with Gasteiger partial charge in [0.25, 0.3) is 0 Å². The largest absolute Gasteiger partial charge is 0.457 e. The lowest BCUT2D eigenvalue weighted by Gasteiger charge is -2.18. The third-order valence-electron chi connectivity index (χ3n) is 4.12. The van der Waals surface area contributed by atoms with Crippen molar-refractivity contribution in [3.05, 3.63) is 12.2 Å². The van der Waals surface area contributed by atoms with E-state index < -0.39 is 43.3 Å². The van der Waals surface area contributed by atoms with Gasteiger partial charge in [0.05, 0.1) is 23.0 Å². The molecule has 0 unspecified atom stereocenters. The van der Waals surface area contributed by atoms with Gasteiger partial charge in [-0.05, 0) is 19.8 Å². The van der Waals surface area contributed by atoms with Crippen LogP contribution in [0.15, 0.2) is 12.2 Å². The van der Waals surface area contributed by atoms with Gasteiger partial charge in [-0.25, -0.2) is 21.6 Å². The van der Waals surface area contributed by atoms with E-state index in [9.17, 15) is 21.6 Å². The van der Waals surface area contributed by atoms with Crippen LogP contribution in [-0.4, -0.2) is 51.9 Å². The van der Waals surface area contributed by atoms with Gasteiger partial charge in [-0.3, -0.25) is 0 Å². The van der Waals surface area contributed by atoms with Crippen molar-refractivity contribution >= 4 is 25.6 Å². The number of ether oxygens (including phenoxy) is 1. The molecule has 0 aromatic carbocycles. The van der Waals surface area contributed by atoms with Gasteiger partial charge in [0.1, 0.15) is 6.10 Å². The molecule has 0 aliphatic heterocycles. The lowest BCUT2D eigenvalue weighted by atomic mass is 10.2. The average Bonchev–Trinajstić information content (AvgIpc) is 2.54. The maximum absolute atomic E-state index is 12.3. The number of rotatable bonds is 16. The molecule has 0 rings (SSSR count). The van der Waals surface area contributed by atoms with Crippen molar-refractivity contribution in [1.29, 1.82) is 0 Å². The van der Waals surface area contributed by atoms with E-state index in [0.29, 0.717) is 12.8 Å². The molecule has 0 saturated carbocycles. The van der Waals surface area contributed by atoms with Crippen LogP contribution < -0.4 is 0 Å². The first-order valence-corrected chi connectivity index (χ1v) is 13.4. The number of carbonyl (C=O) groups is 1. The highest BCUT2D eigenvalue weighted by Gasteiger charge is 2.28. The minimum atomic E-state index is -3.51. The average molecular weight is 425 g/mol. The second-order valence-electron chi connectivity index (χ2n) is 7.16. The van der Waals surface area contributed by atoms with Gasteiger partial charge in [0, 0.05) is 5.57 Å². The summed E-state index contributed by atoms with van der Waals surface area (Å²) in [5, 5.41) is 0. The molecular formula is C19H36O6S2. The Morgan fingerprint density at radius 1 is 0.815 bits per heavy atom. The molecule has 0 N–H and O–H groups in total. The van der Waals surface area contributed by atoms with Gasteiger partial charge in [-0.15, -0.1) is 0 Å². The van der Waals surface area contributed by atoms with E-state index in [1.807, 2.05) is 13.8 Å². The minimum Gasteiger partial charge on any atom is -0.457 e. The summed E-state index contributed by atoms with van der Waals surface area (Å²) in [4.78, 5) is 11.8. The van der Waals surface area contributed by atoms with Crippen LogP contribution in [0.4, 0.5) is 0 Å². The van der Waals surface area contributed by atoms with Crippen LogP contribution in [0.2, 0.25) is 0 Å². The van der Waals surface area contributed by atoms with E-state index in [4.69, 9.17) is 4.74 Å². The van der Waals surface area contributed by atoms with Crippen LogP contribution in [0.3, 0.4) is 0 Å². The van der Waals surface area contributed by atoms with Crippen molar-refractivity contribution in [2.45, 2.75) is 78.2 Å². The molecular weight excluding hydrogens is 388 g/mol. The number of esters is 1. The van der Waals surface area contributed by atoms with Gasteiger partial charge < -0.3 is 4.74 Å². The molecule has 8 heteroatoms. The third kappa shape index (κ3) is 13.9. The van der Waals surface area contributed by atoms with Gasteiger partial charge in [-0.2, -0.15) is 0 Å². The molecule has 0 radical (unpaired) electrons. The molecule has 0 aromatic rings. The zero-order valence-electron chi connectivity index (χ0n) is 17.0. The second-order valence-corrected chi connectivity index (χ2v) is 11.6. The number of unbranched alkanes of at least 4 members (excludes halogenated alkanes) is 6. The molecule has 0 aromatic heterocycles. The van der Waals surface area contributed by atoms with Crippen molar-refractivity contribution in [3.8, 4) is 0 Å². The van der Waals surface area contributed by atoms with Crippen LogP contribution >= 0.6 is 0 Å². The first-order chi connectivity index (χ1) is 12.5. The molecule has 160 valence electrons. The zero-order valence-corrected chi connectivity index (χ0v) is 18.7. The summed E-state index contributed by atoms with van der Waals surface area (Å²) in [5.74, 6) is -1.74. The van der Waals surface area contributed by atoms with E-state index >= 15 is 0 Å². The molecule has 0 fully saturated rings. The molecule has 0 aliphatic carbocycles. The lowest BCUT2D eigenvalue weighted by molar-refractivity contribution is -0.142. The van der Waals surface area contributed by atoms with Gasteiger partial charge in [0.15, 0.2) is 19.7 Å². The van der Waals surface area contributed by atoms with Crippen molar-refractivity contribution in [2.75, 3.05) is 23.0 Å². The maximum atomic E-state index is 12.3. The fraction of sp³-hybridized carbons (Fsp3) is 0.842. The second kappa shape index (κ2) is 13.3. The molecule has 0 heterocycles. The number of hydrogen-bond donors (Lipinski definition) is 0. The van der Waals surface area contributed by atoms with E-state index in [2.05, 4.69) is 6.58 Å². The first-order valence-electron chi connectivity index (χ1n) is 9.80. The Kier molecular flexibility index (Phi) is 12.9. The molecule has 0 amide bonds. The summed E-state index contributed by atoms with van der Waals surface area (Å²) >= 11 is 0. The Bertz CT molecular complexity index is 606. The highest BCUT2D eigenvalue weighted by molar-refractivity contribution is 7.92. The number of carbonyl (C=O) groups excluding carboxylic acids is 1. The Balaban J connectivity index is 4.96. The van der Waals surface area contributed by atoms with Crippen LogP contribution in [0, 0.1) is 0 Å². The smallest absolute Gasteiger partial charge is 0.333 e. The van der Waals surface area contributed by atoms with Crippen molar-refractivity contribution in [2.24, 2.45) is 0 Å². The predicted molar refractivity (Wildman–Crippen MR) is 110 cm³/mol. The van der Waals surface area contributed by atoms with Crippen molar-refractivity contribution < 1.29 is 26.4 Å². The summed E-state index contributed by atoms with van der Waals surface area (Å²) in [6, 6.07) is 0. The summed E-state index contributed by atoms with van der Waals surface area (Å²) in [7, 11) is -7.01. The monoisotopic (exact) mass is 424 g/mol. The van der Waals surface area contributed by atoms with E-state index in [1.165, 1.54) is 6.92 Å². The summed E-state index contributed by atoms with van der Waals surface area (Å²) in [6.45, 7) is 8.98. The molecule has 0 spiro atoms. The third-order valence-corrected chi connectivity index (χ3v) is 7.70. The van der Waals surface area contributed by atoms with Crippen molar-refractivity contribution in [3.63, 3.8) is 0 Å². The van der Waals surface area contributed by atoms with Crippen LogP contribution in [0.1, 0.15) is 72.1 Å². The fourth-order valence-electron chi connectivity index (χ4n) is 2.60. The Labute approximate surface area is 165 Å². The number of hydrogen-bond acceptors (Lipinski definition) is 6. The molecule has 0 atom stereocenters. The summed E-state index contributed by atoms with van der Waals surface area (Å²) in [6.07, 6.45) is 5.38. The predicted octanol–water partition coefficient (Wildman–Crippen LogP) is 3.46. The van der Waals surface area contributed by atoms with Crippen LogP contribution in [-0.2, 0) is 29.2 Å². The van der Waals surface area contributed by atoms with Gasteiger partial charge in [0.2, 0.25) is 0 Å². The Morgan fingerprint density at radius 3 is 1.56 bits per heavy atom. The van der Waals surface area contributed by atoms with Crippen molar-refractivity contribution in [1.82, 2.24) is 0 Å². The normalized spacial score (nSPS) is 12.3. The van der Waals surface area contributed by atoms with Crippen LogP contribution in [0.5, 0.6) is 0 Å². The molecule has 0 aliphatic rings. The SMILES string of the molecule is C=C(C)C(=O)OC(CS(=O)(=O)CCCCCC)CS(=O)(=O)CCCCCC. The van der Waals surface area contributed by atoms with Crippen LogP contribution in [0.25, 0.3) is 0 Å². The summed E-state index contributed by atoms with van der Waals surface area (Å²) < 4.78 is 54.5. The van der Waals surface area contributed by atoms with Gasteiger partial charge >= 0.3 is 5.97 Å². The quantitative estimate of drug-likeness (QED) is 0.214. The maximum Gasteiger partial charge on any atom is 0.333 e. The standard InChI is InChI=1S/C19H36O6S2/c1-5-7-9-11-13-26(21,22)15-18(25-19(20)17(3)4)16-27(23,24)14-12-10-8-6-2/h18H,3,5-16H2,1-2,4H3. The number of sulfone groups is 2. The highest BCUT2D eigenvalue weighted by Crippen LogP contribution is 2.11. The first kappa shape index (κ1) is 26.1. The molecule has 6 nitrogen and oxygen atoms in total. The van der Waals surface area contributed by atoms with E-state index in [-0.39, 0.29) is 17.1 Å². The zero-order chi connectivity index (χ0) is 20.9. The molecule has 0 saturated heterocycles. The topological polar surface area (TPSA) is 94.6 Å². The van der Waals surface area contributed by atoms with E-state index in [1.54, 1.807) is 0 Å². The Morgan fingerprint density at radius 2 is 1.22 bits per heavy atom. The summed E-state index contributed by atoms with van der Waals surface area (Å²) in [5.41, 5.74) is 0.112.